The standard InChI is InChI=1S/C13H14O5/c1-7(15)9-3-8-4-12(13(2,17)6-14)18-11(8)5-10(9)16/h3-5,14,16-17H,6H2,1-2H3. The highest BCUT2D eigenvalue weighted by atomic mass is 16.4. The van der Waals surface area contributed by atoms with E-state index in [4.69, 9.17) is 9.52 Å². The molecule has 2 rings (SSSR count). The van der Waals surface area contributed by atoms with E-state index in [2.05, 4.69) is 0 Å². The van der Waals surface area contributed by atoms with Crippen molar-refractivity contribution in [1.82, 2.24) is 0 Å². The minimum absolute atomic E-state index is 0.167. The molecule has 1 unspecified atom stereocenters. The predicted octanol–water partition coefficient (Wildman–Crippen LogP) is 1.54. The van der Waals surface area contributed by atoms with Crippen molar-refractivity contribution in [2.45, 2.75) is 19.4 Å². The van der Waals surface area contributed by atoms with E-state index in [1.807, 2.05) is 0 Å². The molecule has 3 N–H and O–H groups in total. The number of carbonyl (C=O) groups is 1. The maximum absolute atomic E-state index is 11.3. The van der Waals surface area contributed by atoms with Crippen LogP contribution in [0.2, 0.25) is 0 Å². The second-order valence-electron chi connectivity index (χ2n) is 4.51. The third-order valence-corrected chi connectivity index (χ3v) is 2.85. The van der Waals surface area contributed by atoms with Gasteiger partial charge in [0.05, 0.1) is 12.2 Å². The van der Waals surface area contributed by atoms with Gasteiger partial charge in [-0.3, -0.25) is 4.79 Å². The Kier molecular flexibility index (Phi) is 2.88. The lowest BCUT2D eigenvalue weighted by Gasteiger charge is -2.16. The van der Waals surface area contributed by atoms with Gasteiger partial charge in [-0.25, -0.2) is 0 Å². The average molecular weight is 250 g/mol. The fourth-order valence-electron chi connectivity index (χ4n) is 1.70. The number of phenols is 1. The Morgan fingerprint density at radius 1 is 1.39 bits per heavy atom. The largest absolute Gasteiger partial charge is 0.507 e. The molecule has 1 heterocycles. The quantitative estimate of drug-likeness (QED) is 0.719. The normalized spacial score (nSPS) is 14.7. The molecule has 0 spiro atoms. The number of hydrogen-bond acceptors (Lipinski definition) is 5. The molecule has 1 aromatic heterocycles. The number of rotatable bonds is 3. The summed E-state index contributed by atoms with van der Waals surface area (Å²) in [6.45, 7) is 2.28. The lowest BCUT2D eigenvalue weighted by atomic mass is 10.0. The summed E-state index contributed by atoms with van der Waals surface area (Å²) in [6.07, 6.45) is 0. The van der Waals surface area contributed by atoms with Crippen LogP contribution in [0, 0.1) is 0 Å². The smallest absolute Gasteiger partial charge is 0.163 e. The molecule has 1 aromatic carbocycles. The van der Waals surface area contributed by atoms with Gasteiger partial charge in [-0.05, 0) is 26.0 Å². The zero-order valence-corrected chi connectivity index (χ0v) is 10.1. The lowest BCUT2D eigenvalue weighted by molar-refractivity contribution is -0.0184. The highest BCUT2D eigenvalue weighted by Gasteiger charge is 2.27. The number of hydrogen-bond donors (Lipinski definition) is 3. The monoisotopic (exact) mass is 250 g/mol. The van der Waals surface area contributed by atoms with Gasteiger partial charge >= 0.3 is 0 Å². The number of Topliss-reactive ketones (excluding diaryl/α,β-unsaturated/α-hetero) is 1. The molecular formula is C13H14O5. The lowest BCUT2D eigenvalue weighted by Crippen LogP contribution is -2.24. The Balaban J connectivity index is 2.62. The van der Waals surface area contributed by atoms with E-state index in [1.165, 1.54) is 32.0 Å². The summed E-state index contributed by atoms with van der Waals surface area (Å²) in [6, 6.07) is 4.36. The van der Waals surface area contributed by atoms with Crippen LogP contribution < -0.4 is 0 Å². The first-order chi connectivity index (χ1) is 8.35. The Hall–Kier alpha value is -1.85. The van der Waals surface area contributed by atoms with Crippen LogP contribution in [0.4, 0.5) is 0 Å². The van der Waals surface area contributed by atoms with Crippen molar-refractivity contribution in [2.75, 3.05) is 6.61 Å². The van der Waals surface area contributed by atoms with Crippen molar-refractivity contribution in [3.63, 3.8) is 0 Å². The van der Waals surface area contributed by atoms with E-state index in [1.54, 1.807) is 0 Å². The molecular weight excluding hydrogens is 236 g/mol. The van der Waals surface area contributed by atoms with Gasteiger partial charge in [-0.2, -0.15) is 0 Å². The second kappa shape index (κ2) is 4.12. The van der Waals surface area contributed by atoms with Gasteiger partial charge in [-0.15, -0.1) is 0 Å². The van der Waals surface area contributed by atoms with E-state index < -0.39 is 12.2 Å². The van der Waals surface area contributed by atoms with Crippen LogP contribution in [0.25, 0.3) is 11.0 Å². The molecule has 5 nitrogen and oxygen atoms in total. The summed E-state index contributed by atoms with van der Waals surface area (Å²) in [7, 11) is 0. The predicted molar refractivity (Wildman–Crippen MR) is 64.5 cm³/mol. The first kappa shape index (κ1) is 12.6. The number of aliphatic hydroxyl groups is 2. The number of aromatic hydroxyl groups is 1. The van der Waals surface area contributed by atoms with Crippen LogP contribution in [-0.4, -0.2) is 27.7 Å². The number of furan rings is 1. The van der Waals surface area contributed by atoms with Crippen LogP contribution in [-0.2, 0) is 5.60 Å². The topological polar surface area (TPSA) is 90.9 Å². The van der Waals surface area contributed by atoms with Crippen molar-refractivity contribution in [3.8, 4) is 5.75 Å². The third-order valence-electron chi connectivity index (χ3n) is 2.85. The van der Waals surface area contributed by atoms with Crippen LogP contribution in [0.3, 0.4) is 0 Å². The van der Waals surface area contributed by atoms with Crippen molar-refractivity contribution >= 4 is 16.8 Å². The van der Waals surface area contributed by atoms with Gasteiger partial charge in [0.2, 0.25) is 0 Å². The number of ketones is 1. The Bertz CT molecular complexity index is 609. The Morgan fingerprint density at radius 3 is 2.61 bits per heavy atom. The number of phenolic OH excluding ortho intramolecular Hbond substituents is 1. The fraction of sp³-hybridized carbons (Fsp3) is 0.308. The molecule has 0 saturated carbocycles. The van der Waals surface area contributed by atoms with E-state index in [0.717, 1.165) is 0 Å². The van der Waals surface area contributed by atoms with Crippen molar-refractivity contribution in [1.29, 1.82) is 0 Å². The summed E-state index contributed by atoms with van der Waals surface area (Å²) in [4.78, 5) is 11.3. The van der Waals surface area contributed by atoms with E-state index >= 15 is 0 Å². The van der Waals surface area contributed by atoms with Crippen LogP contribution in [0.5, 0.6) is 5.75 Å². The summed E-state index contributed by atoms with van der Waals surface area (Å²) in [5.74, 6) is -0.245. The van der Waals surface area contributed by atoms with Crippen molar-refractivity contribution in [2.24, 2.45) is 0 Å². The van der Waals surface area contributed by atoms with Gasteiger partial charge in [0.1, 0.15) is 22.7 Å². The first-order valence-electron chi connectivity index (χ1n) is 5.46. The Morgan fingerprint density at radius 2 is 2.06 bits per heavy atom. The van der Waals surface area contributed by atoms with Crippen LogP contribution >= 0.6 is 0 Å². The van der Waals surface area contributed by atoms with Gasteiger partial charge in [0.25, 0.3) is 0 Å². The number of aliphatic hydroxyl groups excluding tert-OH is 1. The van der Waals surface area contributed by atoms with Crippen LogP contribution in [0.1, 0.15) is 30.0 Å². The molecule has 0 saturated heterocycles. The average Bonchev–Trinajstić information content (AvgIpc) is 2.71. The molecule has 96 valence electrons. The van der Waals surface area contributed by atoms with Crippen molar-refractivity contribution in [3.05, 3.63) is 29.5 Å². The molecule has 1 atom stereocenters. The number of carbonyl (C=O) groups excluding carboxylic acids is 1. The van der Waals surface area contributed by atoms with Gasteiger partial charge in [0.15, 0.2) is 5.78 Å². The number of fused-ring (bicyclic) bond motifs is 1. The molecule has 18 heavy (non-hydrogen) atoms. The maximum Gasteiger partial charge on any atom is 0.163 e. The number of benzene rings is 1. The molecule has 0 amide bonds. The SMILES string of the molecule is CC(=O)c1cc2cc(C(C)(O)CO)oc2cc1O. The van der Waals surface area contributed by atoms with Gasteiger partial charge < -0.3 is 19.7 Å². The summed E-state index contributed by atoms with van der Waals surface area (Å²) in [5.41, 5.74) is -0.954. The molecule has 0 aliphatic rings. The summed E-state index contributed by atoms with van der Waals surface area (Å²) < 4.78 is 5.36. The van der Waals surface area contributed by atoms with E-state index in [9.17, 15) is 15.0 Å². The first-order valence-corrected chi connectivity index (χ1v) is 5.46. The molecule has 0 aliphatic carbocycles. The van der Waals surface area contributed by atoms with E-state index in [-0.39, 0.29) is 22.9 Å². The molecule has 0 radical (unpaired) electrons. The van der Waals surface area contributed by atoms with Crippen molar-refractivity contribution < 1.29 is 24.5 Å². The summed E-state index contributed by atoms with van der Waals surface area (Å²) in [5, 5.41) is 29.2. The van der Waals surface area contributed by atoms with E-state index in [0.29, 0.717) is 11.0 Å². The third kappa shape index (κ3) is 1.98. The molecule has 0 bridgehead atoms. The minimum atomic E-state index is -1.50. The highest BCUT2D eigenvalue weighted by Crippen LogP contribution is 2.32. The zero-order chi connectivity index (χ0) is 13.5. The molecule has 5 heteroatoms. The minimum Gasteiger partial charge on any atom is -0.507 e. The Labute approximate surface area is 103 Å². The van der Waals surface area contributed by atoms with Gasteiger partial charge in [0, 0.05) is 11.5 Å². The fourth-order valence-corrected chi connectivity index (χ4v) is 1.70. The van der Waals surface area contributed by atoms with Gasteiger partial charge in [-0.1, -0.05) is 0 Å². The van der Waals surface area contributed by atoms with Crippen LogP contribution in [0.15, 0.2) is 22.6 Å². The maximum atomic E-state index is 11.3. The highest BCUT2D eigenvalue weighted by molar-refractivity contribution is 6.00. The molecule has 0 aliphatic heterocycles. The summed E-state index contributed by atoms with van der Waals surface area (Å²) >= 11 is 0. The zero-order valence-electron chi connectivity index (χ0n) is 10.1. The molecule has 0 fully saturated rings. The second-order valence-corrected chi connectivity index (χ2v) is 4.51. The molecule has 2 aromatic rings.